The Balaban J connectivity index is 2.41. The lowest BCUT2D eigenvalue weighted by Crippen LogP contribution is -2.31. The Hall–Kier alpha value is -0.380. The number of aryl methyl sites for hydroxylation is 1. The monoisotopic (exact) mass is 255 g/mol. The minimum Gasteiger partial charge on any atom is -0.382 e. The molecule has 0 aromatic carbocycles. The Kier molecular flexibility index (Phi) is 7.49. The van der Waals surface area contributed by atoms with Gasteiger partial charge in [-0.1, -0.05) is 13.8 Å². The summed E-state index contributed by atoms with van der Waals surface area (Å²) in [6, 6.07) is 5.08. The maximum atomic E-state index is 5.44. The van der Waals surface area contributed by atoms with Crippen molar-refractivity contribution in [3.05, 3.63) is 21.9 Å². The summed E-state index contributed by atoms with van der Waals surface area (Å²) in [7, 11) is 0. The molecule has 98 valence electrons. The summed E-state index contributed by atoms with van der Waals surface area (Å²) in [5.41, 5.74) is 0. The molecule has 0 radical (unpaired) electrons. The number of ether oxygens (including phenoxy) is 1. The highest BCUT2D eigenvalue weighted by Crippen LogP contribution is 2.19. The van der Waals surface area contributed by atoms with E-state index < -0.39 is 0 Å². The van der Waals surface area contributed by atoms with Crippen molar-refractivity contribution < 1.29 is 4.74 Å². The van der Waals surface area contributed by atoms with Gasteiger partial charge in [0.2, 0.25) is 0 Å². The molecule has 0 aliphatic heterocycles. The van der Waals surface area contributed by atoms with E-state index in [0.717, 1.165) is 39.0 Å². The molecule has 1 aromatic heterocycles. The molecule has 17 heavy (non-hydrogen) atoms. The van der Waals surface area contributed by atoms with E-state index in [-0.39, 0.29) is 0 Å². The standard InChI is InChI=1S/C14H25NOS/c1-4-13-7-8-14(17-13)11-12(15-5-2)9-10-16-6-3/h7-8,12,15H,4-6,9-11H2,1-3H3. The number of hydrogen-bond donors (Lipinski definition) is 1. The van der Waals surface area contributed by atoms with Crippen molar-refractivity contribution in [2.24, 2.45) is 0 Å². The van der Waals surface area contributed by atoms with Gasteiger partial charge in [0.05, 0.1) is 0 Å². The summed E-state index contributed by atoms with van der Waals surface area (Å²) in [6.07, 6.45) is 3.38. The molecule has 0 fully saturated rings. The molecule has 2 nitrogen and oxygen atoms in total. The van der Waals surface area contributed by atoms with Crippen LogP contribution in [0.1, 0.15) is 36.9 Å². The quantitative estimate of drug-likeness (QED) is 0.684. The zero-order valence-corrected chi connectivity index (χ0v) is 12.1. The predicted octanol–water partition coefficient (Wildman–Crippen LogP) is 3.26. The topological polar surface area (TPSA) is 21.3 Å². The van der Waals surface area contributed by atoms with Gasteiger partial charge in [-0.3, -0.25) is 0 Å². The molecule has 1 heterocycles. The highest BCUT2D eigenvalue weighted by Gasteiger charge is 2.09. The van der Waals surface area contributed by atoms with Gasteiger partial charge in [0.1, 0.15) is 0 Å². The van der Waals surface area contributed by atoms with Crippen molar-refractivity contribution in [2.75, 3.05) is 19.8 Å². The van der Waals surface area contributed by atoms with E-state index in [4.69, 9.17) is 4.74 Å². The Labute approximate surface area is 109 Å². The molecule has 0 aliphatic carbocycles. The molecule has 1 atom stereocenters. The van der Waals surface area contributed by atoms with Gasteiger partial charge in [0, 0.05) is 29.0 Å². The first-order valence-corrected chi connectivity index (χ1v) is 7.50. The Morgan fingerprint density at radius 3 is 2.59 bits per heavy atom. The fraction of sp³-hybridized carbons (Fsp3) is 0.714. The van der Waals surface area contributed by atoms with Crippen molar-refractivity contribution in [3.63, 3.8) is 0 Å². The second-order valence-electron chi connectivity index (χ2n) is 4.17. The van der Waals surface area contributed by atoms with E-state index in [2.05, 4.69) is 38.2 Å². The van der Waals surface area contributed by atoms with Crippen LogP contribution >= 0.6 is 11.3 Å². The zero-order valence-electron chi connectivity index (χ0n) is 11.3. The van der Waals surface area contributed by atoms with Crippen LogP contribution in [0.25, 0.3) is 0 Å². The molecule has 0 bridgehead atoms. The highest BCUT2D eigenvalue weighted by atomic mass is 32.1. The lowest BCUT2D eigenvalue weighted by atomic mass is 10.1. The molecule has 0 aliphatic rings. The van der Waals surface area contributed by atoms with E-state index in [1.807, 2.05) is 11.3 Å². The van der Waals surface area contributed by atoms with Crippen molar-refractivity contribution >= 4 is 11.3 Å². The number of thiophene rings is 1. The fourth-order valence-electron chi connectivity index (χ4n) is 1.90. The molecule has 1 rings (SSSR count). The van der Waals surface area contributed by atoms with Gasteiger partial charge in [0.25, 0.3) is 0 Å². The minimum absolute atomic E-state index is 0.551. The molecule has 0 amide bonds. The van der Waals surface area contributed by atoms with Crippen LogP contribution in [0.15, 0.2) is 12.1 Å². The van der Waals surface area contributed by atoms with Gasteiger partial charge >= 0.3 is 0 Å². The third-order valence-electron chi connectivity index (χ3n) is 2.82. The largest absolute Gasteiger partial charge is 0.382 e. The maximum Gasteiger partial charge on any atom is 0.0480 e. The second-order valence-corrected chi connectivity index (χ2v) is 5.42. The molecule has 3 heteroatoms. The van der Waals surface area contributed by atoms with E-state index in [0.29, 0.717) is 6.04 Å². The highest BCUT2D eigenvalue weighted by molar-refractivity contribution is 7.11. The van der Waals surface area contributed by atoms with Crippen LogP contribution in [-0.2, 0) is 17.6 Å². The summed E-state index contributed by atoms with van der Waals surface area (Å²) in [4.78, 5) is 2.98. The van der Waals surface area contributed by atoms with Crippen molar-refractivity contribution in [1.82, 2.24) is 5.32 Å². The third-order valence-corrected chi connectivity index (χ3v) is 4.07. The van der Waals surface area contributed by atoms with E-state index >= 15 is 0 Å². The molecule has 0 saturated heterocycles. The van der Waals surface area contributed by atoms with Gasteiger partial charge < -0.3 is 10.1 Å². The summed E-state index contributed by atoms with van der Waals surface area (Å²) in [5, 5.41) is 3.54. The lowest BCUT2D eigenvalue weighted by Gasteiger charge is -2.16. The maximum absolute atomic E-state index is 5.44. The summed E-state index contributed by atoms with van der Waals surface area (Å²) < 4.78 is 5.44. The van der Waals surface area contributed by atoms with Crippen LogP contribution < -0.4 is 5.32 Å². The molecule has 1 unspecified atom stereocenters. The molecule has 1 N–H and O–H groups in total. The lowest BCUT2D eigenvalue weighted by molar-refractivity contribution is 0.136. The van der Waals surface area contributed by atoms with Crippen LogP contribution in [0, 0.1) is 0 Å². The average Bonchev–Trinajstić information content (AvgIpc) is 2.77. The Bertz CT molecular complexity index is 298. The van der Waals surface area contributed by atoms with E-state index in [9.17, 15) is 0 Å². The van der Waals surface area contributed by atoms with E-state index in [1.165, 1.54) is 9.75 Å². The molecule has 0 spiro atoms. The van der Waals surface area contributed by atoms with Crippen molar-refractivity contribution in [1.29, 1.82) is 0 Å². The molecule has 1 aromatic rings. The first-order chi connectivity index (χ1) is 8.30. The first kappa shape index (κ1) is 14.7. The number of hydrogen-bond acceptors (Lipinski definition) is 3. The SMILES string of the molecule is CCNC(CCOCC)Cc1ccc(CC)s1. The normalized spacial score (nSPS) is 12.9. The number of nitrogens with one attached hydrogen (secondary N) is 1. The number of likely N-dealkylation sites (N-methyl/N-ethyl adjacent to an activating group) is 1. The van der Waals surface area contributed by atoms with Crippen molar-refractivity contribution in [2.45, 2.75) is 46.1 Å². The molecular formula is C14H25NOS. The summed E-state index contributed by atoms with van der Waals surface area (Å²) in [6.45, 7) is 9.14. The molecule has 0 saturated carbocycles. The first-order valence-electron chi connectivity index (χ1n) is 6.68. The van der Waals surface area contributed by atoms with Gasteiger partial charge in [-0.05, 0) is 44.9 Å². The van der Waals surface area contributed by atoms with Gasteiger partial charge in [-0.15, -0.1) is 11.3 Å². The fourth-order valence-corrected chi connectivity index (χ4v) is 2.94. The van der Waals surface area contributed by atoms with E-state index in [1.54, 1.807) is 0 Å². The summed E-state index contributed by atoms with van der Waals surface area (Å²) in [5.74, 6) is 0. The van der Waals surface area contributed by atoms with Gasteiger partial charge in [-0.2, -0.15) is 0 Å². The molecular weight excluding hydrogens is 230 g/mol. The van der Waals surface area contributed by atoms with Crippen molar-refractivity contribution in [3.8, 4) is 0 Å². The van der Waals surface area contributed by atoms with Crippen LogP contribution in [0.5, 0.6) is 0 Å². The predicted molar refractivity (Wildman–Crippen MR) is 76.0 cm³/mol. The summed E-state index contributed by atoms with van der Waals surface area (Å²) >= 11 is 1.95. The van der Waals surface area contributed by atoms with Gasteiger partial charge in [0.15, 0.2) is 0 Å². The van der Waals surface area contributed by atoms with Crippen LogP contribution in [0.4, 0.5) is 0 Å². The number of rotatable bonds is 9. The Morgan fingerprint density at radius 2 is 2.00 bits per heavy atom. The smallest absolute Gasteiger partial charge is 0.0480 e. The van der Waals surface area contributed by atoms with Crippen LogP contribution in [0.2, 0.25) is 0 Å². The van der Waals surface area contributed by atoms with Crippen LogP contribution in [0.3, 0.4) is 0 Å². The third kappa shape index (κ3) is 5.66. The minimum atomic E-state index is 0.551. The van der Waals surface area contributed by atoms with Gasteiger partial charge in [-0.25, -0.2) is 0 Å². The zero-order chi connectivity index (χ0) is 12.5. The second kappa shape index (κ2) is 8.67. The average molecular weight is 255 g/mol. The Morgan fingerprint density at radius 1 is 1.24 bits per heavy atom. The van der Waals surface area contributed by atoms with Crippen LogP contribution in [-0.4, -0.2) is 25.8 Å².